The minimum absolute atomic E-state index is 0.141. The number of nitrogens with one attached hydrogen (secondary N) is 1. The third-order valence-electron chi connectivity index (χ3n) is 2.34. The summed E-state index contributed by atoms with van der Waals surface area (Å²) in [6, 6.07) is 0.387. The molecule has 4 nitrogen and oxygen atoms in total. The van der Waals surface area contributed by atoms with E-state index < -0.39 is 10.8 Å². The quantitative estimate of drug-likeness (QED) is 0.835. The maximum absolute atomic E-state index is 11.2. The Morgan fingerprint density at radius 3 is 2.73 bits per heavy atom. The third-order valence-corrected chi connectivity index (χ3v) is 3.64. The molecule has 1 N–H and O–H groups in total. The molecule has 0 radical (unpaired) electrons. The minimum Gasteiger partial charge on any atom is -0.354 e. The van der Waals surface area contributed by atoms with E-state index >= 15 is 0 Å². The van der Waals surface area contributed by atoms with Gasteiger partial charge in [0.15, 0.2) is 0 Å². The fourth-order valence-electron chi connectivity index (χ4n) is 1.22. The van der Waals surface area contributed by atoms with Crippen molar-refractivity contribution in [2.24, 2.45) is 0 Å². The average Bonchev–Trinajstić information content (AvgIpc) is 2.61. The van der Waals surface area contributed by atoms with Gasteiger partial charge in [-0.15, -0.1) is 0 Å². The molecular formula is C10H19N3OS. The Morgan fingerprint density at radius 2 is 2.20 bits per heavy atom. The summed E-state index contributed by atoms with van der Waals surface area (Å²) in [6.07, 6.45) is 5.44. The van der Waals surface area contributed by atoms with Crippen LogP contribution in [-0.4, -0.2) is 31.8 Å². The van der Waals surface area contributed by atoms with Crippen LogP contribution >= 0.6 is 0 Å². The molecule has 1 heterocycles. The Bertz CT molecular complexity index is 335. The highest BCUT2D eigenvalue weighted by molar-refractivity contribution is 7.84. The Morgan fingerprint density at radius 1 is 1.53 bits per heavy atom. The fourth-order valence-corrected chi connectivity index (χ4v) is 1.54. The highest BCUT2D eigenvalue weighted by Gasteiger charge is 2.09. The van der Waals surface area contributed by atoms with Crippen LogP contribution in [0.25, 0.3) is 0 Å². The first-order valence-corrected chi connectivity index (χ1v) is 6.73. The summed E-state index contributed by atoms with van der Waals surface area (Å²) in [6.45, 7) is 6.86. The molecule has 0 aliphatic carbocycles. The second kappa shape index (κ2) is 5.30. The summed E-state index contributed by atoms with van der Waals surface area (Å²) in [7, 11) is -0.789. The van der Waals surface area contributed by atoms with Crippen molar-refractivity contribution in [3.05, 3.63) is 12.4 Å². The van der Waals surface area contributed by atoms with Crippen molar-refractivity contribution in [1.82, 2.24) is 9.55 Å². The van der Waals surface area contributed by atoms with Gasteiger partial charge in [-0.3, -0.25) is 4.21 Å². The Hall–Kier alpha value is -0.840. The first kappa shape index (κ1) is 12.2. The number of hydrogen-bond donors (Lipinski definition) is 1. The van der Waals surface area contributed by atoms with Gasteiger partial charge in [0.1, 0.15) is 0 Å². The number of hydrogen-bond acceptors (Lipinski definition) is 3. The van der Waals surface area contributed by atoms with Crippen LogP contribution in [0.3, 0.4) is 0 Å². The van der Waals surface area contributed by atoms with Gasteiger partial charge < -0.3 is 9.88 Å². The zero-order chi connectivity index (χ0) is 11.4. The Labute approximate surface area is 93.5 Å². The third kappa shape index (κ3) is 3.34. The van der Waals surface area contributed by atoms with Gasteiger partial charge in [0.25, 0.3) is 0 Å². The van der Waals surface area contributed by atoms with Crippen molar-refractivity contribution in [2.75, 3.05) is 18.1 Å². The second-order valence-corrected chi connectivity index (χ2v) is 5.74. The van der Waals surface area contributed by atoms with Gasteiger partial charge in [-0.05, 0) is 20.8 Å². The van der Waals surface area contributed by atoms with Gasteiger partial charge in [-0.2, -0.15) is 0 Å². The lowest BCUT2D eigenvalue weighted by molar-refractivity contribution is 0.604. The zero-order valence-electron chi connectivity index (χ0n) is 9.73. The zero-order valence-corrected chi connectivity index (χ0v) is 10.5. The van der Waals surface area contributed by atoms with E-state index in [0.717, 1.165) is 5.95 Å². The van der Waals surface area contributed by atoms with E-state index in [1.807, 2.05) is 13.1 Å². The molecule has 0 saturated carbocycles. The molecule has 0 aliphatic heterocycles. The second-order valence-electron chi connectivity index (χ2n) is 3.94. The lowest BCUT2D eigenvalue weighted by atomic mass is 10.4. The molecule has 2 atom stereocenters. The Balaban J connectivity index is 2.57. The van der Waals surface area contributed by atoms with Gasteiger partial charge in [-0.25, -0.2) is 4.98 Å². The molecule has 1 aromatic rings. The van der Waals surface area contributed by atoms with Gasteiger partial charge in [0, 0.05) is 47.3 Å². The van der Waals surface area contributed by atoms with E-state index in [1.165, 1.54) is 0 Å². The van der Waals surface area contributed by atoms with E-state index in [-0.39, 0.29) is 5.25 Å². The predicted molar refractivity (Wildman–Crippen MR) is 64.6 cm³/mol. The number of aromatic nitrogens is 2. The van der Waals surface area contributed by atoms with Crippen molar-refractivity contribution in [2.45, 2.75) is 32.1 Å². The van der Waals surface area contributed by atoms with Gasteiger partial charge in [-0.1, -0.05) is 0 Å². The first-order valence-electron chi connectivity index (χ1n) is 5.11. The molecular weight excluding hydrogens is 210 g/mol. The number of anilines is 1. The molecule has 0 spiro atoms. The maximum Gasteiger partial charge on any atom is 0.203 e. The summed E-state index contributed by atoms with van der Waals surface area (Å²) in [5, 5.41) is 3.36. The molecule has 0 aromatic carbocycles. The molecule has 86 valence electrons. The van der Waals surface area contributed by atoms with Crippen molar-refractivity contribution in [1.29, 1.82) is 0 Å². The number of nitrogens with zero attached hydrogens (tertiary/aromatic N) is 2. The number of rotatable bonds is 5. The molecule has 0 aliphatic rings. The Kier molecular flexibility index (Phi) is 4.32. The van der Waals surface area contributed by atoms with E-state index in [2.05, 4.69) is 28.7 Å². The summed E-state index contributed by atoms with van der Waals surface area (Å²) in [5.41, 5.74) is 0. The van der Waals surface area contributed by atoms with Crippen LogP contribution in [0.4, 0.5) is 5.95 Å². The lowest BCUT2D eigenvalue weighted by Gasteiger charge is -2.14. The maximum atomic E-state index is 11.2. The van der Waals surface area contributed by atoms with Gasteiger partial charge >= 0.3 is 0 Å². The van der Waals surface area contributed by atoms with Gasteiger partial charge in [0.2, 0.25) is 5.95 Å². The average molecular weight is 229 g/mol. The minimum atomic E-state index is -0.789. The SMILES string of the molecule is CC(C)n1ccnc1NCC(C)S(C)=O. The van der Waals surface area contributed by atoms with Gasteiger partial charge in [0.05, 0.1) is 0 Å². The molecule has 1 rings (SSSR count). The van der Waals surface area contributed by atoms with Crippen molar-refractivity contribution in [3.63, 3.8) is 0 Å². The van der Waals surface area contributed by atoms with Crippen molar-refractivity contribution in [3.8, 4) is 0 Å². The molecule has 2 unspecified atom stereocenters. The van der Waals surface area contributed by atoms with E-state index in [1.54, 1.807) is 12.5 Å². The monoisotopic (exact) mass is 229 g/mol. The summed E-state index contributed by atoms with van der Waals surface area (Å²) in [5.74, 6) is 0.849. The highest BCUT2D eigenvalue weighted by Crippen LogP contribution is 2.12. The number of imidazole rings is 1. The van der Waals surface area contributed by atoms with Crippen molar-refractivity contribution >= 4 is 16.7 Å². The highest BCUT2D eigenvalue weighted by atomic mass is 32.2. The lowest BCUT2D eigenvalue weighted by Crippen LogP contribution is -2.22. The molecule has 15 heavy (non-hydrogen) atoms. The van der Waals surface area contributed by atoms with Crippen LogP contribution < -0.4 is 5.32 Å². The van der Waals surface area contributed by atoms with Crippen molar-refractivity contribution < 1.29 is 4.21 Å². The molecule has 0 fully saturated rings. The molecule has 0 saturated heterocycles. The van der Waals surface area contributed by atoms with Crippen LogP contribution in [0.2, 0.25) is 0 Å². The van der Waals surface area contributed by atoms with Crippen LogP contribution in [0, 0.1) is 0 Å². The topological polar surface area (TPSA) is 46.9 Å². The molecule has 0 amide bonds. The largest absolute Gasteiger partial charge is 0.354 e. The van der Waals surface area contributed by atoms with E-state index in [4.69, 9.17) is 0 Å². The summed E-state index contributed by atoms with van der Waals surface area (Å²) >= 11 is 0. The van der Waals surface area contributed by atoms with E-state index in [0.29, 0.717) is 12.6 Å². The van der Waals surface area contributed by atoms with E-state index in [9.17, 15) is 4.21 Å². The first-order chi connectivity index (χ1) is 7.02. The van der Waals surface area contributed by atoms with Crippen LogP contribution in [-0.2, 0) is 10.8 Å². The van der Waals surface area contributed by atoms with Crippen LogP contribution in [0.1, 0.15) is 26.8 Å². The fraction of sp³-hybridized carbons (Fsp3) is 0.700. The summed E-state index contributed by atoms with van der Waals surface area (Å²) < 4.78 is 13.2. The van der Waals surface area contributed by atoms with Crippen LogP contribution in [0.15, 0.2) is 12.4 Å². The molecule has 1 aromatic heterocycles. The predicted octanol–water partition coefficient (Wildman–Crippen LogP) is 1.64. The smallest absolute Gasteiger partial charge is 0.203 e. The molecule has 0 bridgehead atoms. The molecule has 5 heteroatoms. The normalized spacial score (nSPS) is 15.3. The summed E-state index contributed by atoms with van der Waals surface area (Å²) in [4.78, 5) is 4.22. The van der Waals surface area contributed by atoms with Crippen LogP contribution in [0.5, 0.6) is 0 Å². The standard InChI is InChI=1S/C10H19N3OS/c1-8(2)13-6-5-11-10(13)12-7-9(3)15(4)14/h5-6,8-9H,7H2,1-4H3,(H,11,12).